The highest BCUT2D eigenvalue weighted by Gasteiger charge is 2.40. The van der Waals surface area contributed by atoms with E-state index in [4.69, 9.17) is 4.74 Å². The molecule has 0 fully saturated rings. The lowest BCUT2D eigenvalue weighted by Crippen LogP contribution is -2.39. The number of nitrogens with zero attached hydrogens (tertiary/aromatic N) is 2. The average molecular weight is 497 g/mol. The van der Waals surface area contributed by atoms with Crippen molar-refractivity contribution in [3.05, 3.63) is 69.2 Å². The lowest BCUT2D eigenvalue weighted by Gasteiger charge is -2.29. The van der Waals surface area contributed by atoms with Crippen molar-refractivity contribution in [2.75, 3.05) is 18.2 Å². The minimum Gasteiger partial charge on any atom is -0.496 e. The van der Waals surface area contributed by atoms with Crippen molar-refractivity contribution in [2.45, 2.75) is 5.92 Å². The predicted octanol–water partition coefficient (Wildman–Crippen LogP) is 3.92. The largest absolute Gasteiger partial charge is 0.496 e. The maximum Gasteiger partial charge on any atom is 0.243 e. The van der Waals surface area contributed by atoms with Crippen LogP contribution in [0.4, 0.5) is 5.69 Å². The van der Waals surface area contributed by atoms with E-state index in [1.54, 1.807) is 48.5 Å². The van der Waals surface area contributed by atoms with Gasteiger partial charge in [0, 0.05) is 15.7 Å². The Morgan fingerprint density at radius 3 is 2.58 bits per heavy atom. The Hall–Kier alpha value is -3.27. The SMILES string of the molecule is COc1ccccc1C1C(C#N)=C(SCC(=O)Nc2ccc(Br)cc2)NC(=O)C1C#N. The molecule has 2 N–H and O–H groups in total. The van der Waals surface area contributed by atoms with Crippen LogP contribution in [-0.4, -0.2) is 24.7 Å². The highest BCUT2D eigenvalue weighted by molar-refractivity contribution is 9.10. The van der Waals surface area contributed by atoms with E-state index in [-0.39, 0.29) is 22.3 Å². The summed E-state index contributed by atoms with van der Waals surface area (Å²) in [5, 5.41) is 25.1. The van der Waals surface area contributed by atoms with E-state index in [9.17, 15) is 20.1 Å². The Morgan fingerprint density at radius 2 is 1.94 bits per heavy atom. The number of allylic oxidation sites excluding steroid dienone is 1. The third kappa shape index (κ3) is 5.08. The van der Waals surface area contributed by atoms with Gasteiger partial charge in [0.05, 0.1) is 41.5 Å². The first-order valence-electron chi connectivity index (χ1n) is 9.14. The number of nitriles is 2. The van der Waals surface area contributed by atoms with Crippen LogP contribution in [0.15, 0.2) is 63.6 Å². The molecule has 3 rings (SSSR count). The van der Waals surface area contributed by atoms with Crippen LogP contribution in [0.2, 0.25) is 0 Å². The second kappa shape index (κ2) is 10.2. The first-order chi connectivity index (χ1) is 15.0. The third-order valence-electron chi connectivity index (χ3n) is 4.62. The number of thioether (sulfide) groups is 1. The van der Waals surface area contributed by atoms with Crippen LogP contribution < -0.4 is 15.4 Å². The van der Waals surface area contributed by atoms with Crippen molar-refractivity contribution < 1.29 is 14.3 Å². The van der Waals surface area contributed by atoms with Gasteiger partial charge < -0.3 is 15.4 Å². The number of methoxy groups -OCH3 is 1. The predicted molar refractivity (Wildman–Crippen MR) is 121 cm³/mol. The van der Waals surface area contributed by atoms with Crippen LogP contribution >= 0.6 is 27.7 Å². The van der Waals surface area contributed by atoms with Crippen LogP contribution in [-0.2, 0) is 9.59 Å². The van der Waals surface area contributed by atoms with Gasteiger partial charge >= 0.3 is 0 Å². The number of ether oxygens (including phenoxy) is 1. The van der Waals surface area contributed by atoms with Gasteiger partial charge in [0.25, 0.3) is 0 Å². The standard InChI is InChI=1S/C22H17BrN4O3S/c1-30-18-5-3-2-4-15(18)20-16(10-24)21(29)27-22(17(20)11-25)31-12-19(28)26-14-8-6-13(23)7-9-14/h2-9,16,20H,12H2,1H3,(H,26,28)(H,27,29). The van der Waals surface area contributed by atoms with Gasteiger partial charge in [-0.25, -0.2) is 0 Å². The molecule has 2 amide bonds. The fourth-order valence-electron chi connectivity index (χ4n) is 3.21. The zero-order valence-corrected chi connectivity index (χ0v) is 18.8. The number of carbonyl (C=O) groups excluding carboxylic acids is 2. The van der Waals surface area contributed by atoms with E-state index in [0.717, 1.165) is 16.2 Å². The van der Waals surface area contributed by atoms with Gasteiger partial charge in [0.1, 0.15) is 11.7 Å². The molecule has 0 saturated carbocycles. The van der Waals surface area contributed by atoms with Crippen molar-refractivity contribution in [3.8, 4) is 17.9 Å². The Kier molecular flexibility index (Phi) is 7.35. The number of para-hydroxylation sites is 1. The summed E-state index contributed by atoms with van der Waals surface area (Å²) in [4.78, 5) is 25.0. The smallest absolute Gasteiger partial charge is 0.243 e. The minimum atomic E-state index is -1.09. The van der Waals surface area contributed by atoms with Gasteiger partial charge in [0.2, 0.25) is 11.8 Å². The monoisotopic (exact) mass is 496 g/mol. The maximum absolute atomic E-state index is 12.6. The van der Waals surface area contributed by atoms with E-state index in [1.165, 1.54) is 7.11 Å². The normalized spacial score (nSPS) is 17.9. The minimum absolute atomic E-state index is 0.0211. The van der Waals surface area contributed by atoms with E-state index in [2.05, 4.69) is 32.6 Å². The van der Waals surface area contributed by atoms with Crippen molar-refractivity contribution in [3.63, 3.8) is 0 Å². The van der Waals surface area contributed by atoms with Gasteiger partial charge in [-0.15, -0.1) is 0 Å². The molecule has 2 aromatic rings. The molecular weight excluding hydrogens is 480 g/mol. The van der Waals surface area contributed by atoms with E-state index in [0.29, 0.717) is 17.0 Å². The Morgan fingerprint density at radius 1 is 1.23 bits per heavy atom. The Balaban J connectivity index is 1.87. The first kappa shape index (κ1) is 22.4. The molecule has 1 heterocycles. The van der Waals surface area contributed by atoms with Gasteiger partial charge in [-0.1, -0.05) is 45.9 Å². The molecular formula is C22H17BrN4O3S. The molecule has 2 unspecified atom stereocenters. The lowest BCUT2D eigenvalue weighted by atomic mass is 9.79. The lowest BCUT2D eigenvalue weighted by molar-refractivity contribution is -0.123. The van der Waals surface area contributed by atoms with Gasteiger partial charge in [0.15, 0.2) is 0 Å². The van der Waals surface area contributed by atoms with E-state index in [1.807, 2.05) is 6.07 Å². The number of anilines is 1. The molecule has 9 heteroatoms. The Labute approximate surface area is 192 Å². The summed E-state index contributed by atoms with van der Waals surface area (Å²) in [5.41, 5.74) is 1.42. The molecule has 1 aliphatic rings. The molecule has 2 atom stereocenters. The number of carbonyl (C=O) groups is 2. The first-order valence-corrected chi connectivity index (χ1v) is 10.9. The third-order valence-corrected chi connectivity index (χ3v) is 6.16. The average Bonchev–Trinajstić information content (AvgIpc) is 2.78. The molecule has 0 saturated heterocycles. The summed E-state index contributed by atoms with van der Waals surface area (Å²) in [6.07, 6.45) is 0. The summed E-state index contributed by atoms with van der Waals surface area (Å²) in [7, 11) is 1.49. The number of rotatable bonds is 6. The quantitative estimate of drug-likeness (QED) is 0.625. The molecule has 7 nitrogen and oxygen atoms in total. The summed E-state index contributed by atoms with van der Waals surface area (Å²) in [6.45, 7) is 0. The Bertz CT molecular complexity index is 1120. The summed E-state index contributed by atoms with van der Waals surface area (Å²) >= 11 is 4.38. The summed E-state index contributed by atoms with van der Waals surface area (Å²) in [5.74, 6) is -2.24. The highest BCUT2D eigenvalue weighted by atomic mass is 79.9. The van der Waals surface area contributed by atoms with Crippen LogP contribution in [0, 0.1) is 28.6 Å². The van der Waals surface area contributed by atoms with Gasteiger partial charge in [-0.2, -0.15) is 10.5 Å². The van der Waals surface area contributed by atoms with Crippen molar-refractivity contribution in [2.24, 2.45) is 5.92 Å². The summed E-state index contributed by atoms with van der Waals surface area (Å²) in [6, 6.07) is 18.2. The molecule has 0 bridgehead atoms. The second-order valence-corrected chi connectivity index (χ2v) is 8.42. The molecule has 0 radical (unpaired) electrons. The van der Waals surface area contributed by atoms with Crippen molar-refractivity contribution in [1.29, 1.82) is 10.5 Å². The fraction of sp³-hybridized carbons (Fsp3) is 0.182. The highest BCUT2D eigenvalue weighted by Crippen LogP contribution is 2.42. The topological polar surface area (TPSA) is 115 Å². The number of hydrogen-bond donors (Lipinski definition) is 2. The van der Waals surface area contributed by atoms with E-state index >= 15 is 0 Å². The van der Waals surface area contributed by atoms with Gasteiger partial charge in [-0.05, 0) is 30.3 Å². The number of halogens is 1. The number of amides is 2. The fourth-order valence-corrected chi connectivity index (χ4v) is 4.32. The molecule has 0 spiro atoms. The van der Waals surface area contributed by atoms with Crippen LogP contribution in [0.3, 0.4) is 0 Å². The van der Waals surface area contributed by atoms with Crippen LogP contribution in [0.25, 0.3) is 0 Å². The van der Waals surface area contributed by atoms with E-state index < -0.39 is 17.7 Å². The molecule has 0 aromatic heterocycles. The molecule has 31 heavy (non-hydrogen) atoms. The number of nitrogens with one attached hydrogen (secondary N) is 2. The van der Waals surface area contributed by atoms with Crippen molar-refractivity contribution in [1.82, 2.24) is 5.32 Å². The van der Waals surface area contributed by atoms with Gasteiger partial charge in [-0.3, -0.25) is 9.59 Å². The maximum atomic E-state index is 12.6. The molecule has 0 aliphatic carbocycles. The number of benzene rings is 2. The summed E-state index contributed by atoms with van der Waals surface area (Å²) < 4.78 is 6.27. The second-order valence-electron chi connectivity index (χ2n) is 6.51. The van der Waals surface area contributed by atoms with Crippen LogP contribution in [0.1, 0.15) is 11.5 Å². The zero-order chi connectivity index (χ0) is 22.4. The zero-order valence-electron chi connectivity index (χ0n) is 16.4. The number of hydrogen-bond acceptors (Lipinski definition) is 6. The van der Waals surface area contributed by atoms with Crippen LogP contribution in [0.5, 0.6) is 5.75 Å². The molecule has 156 valence electrons. The molecule has 2 aromatic carbocycles. The molecule has 1 aliphatic heterocycles. The van der Waals surface area contributed by atoms with Crippen molar-refractivity contribution >= 4 is 45.2 Å².